The quantitative estimate of drug-likeness (QED) is 0.720. The van der Waals surface area contributed by atoms with E-state index in [1.807, 2.05) is 4.90 Å². The third-order valence-corrected chi connectivity index (χ3v) is 5.82. The molecule has 0 aromatic rings. The lowest BCUT2D eigenvalue weighted by atomic mass is 9.93. The highest BCUT2D eigenvalue weighted by Gasteiger charge is 2.34. The van der Waals surface area contributed by atoms with Crippen LogP contribution in [0.15, 0.2) is 0 Å². The van der Waals surface area contributed by atoms with Gasteiger partial charge in [0.15, 0.2) is 0 Å². The third-order valence-electron chi connectivity index (χ3n) is 5.82. The van der Waals surface area contributed by atoms with E-state index < -0.39 is 0 Å². The van der Waals surface area contributed by atoms with Crippen LogP contribution in [-0.4, -0.2) is 66.5 Å². The van der Waals surface area contributed by atoms with Gasteiger partial charge < -0.3 is 15.5 Å². The topological polar surface area (TPSA) is 64.7 Å². The Balaban J connectivity index is 1.41. The second-order valence-electron chi connectivity index (χ2n) is 7.92. The lowest BCUT2D eigenvalue weighted by Crippen LogP contribution is -2.53. The lowest BCUT2D eigenvalue weighted by molar-refractivity contribution is -0.127. The molecular weight excluding hydrogens is 316 g/mol. The first-order valence-corrected chi connectivity index (χ1v) is 10.2. The van der Waals surface area contributed by atoms with Crippen molar-refractivity contribution < 1.29 is 9.59 Å². The standard InChI is InChI=1S/C19H34N4O2/c1-2-3-10-20-19(25)22-12-8-17(9-13-22)23-11-4-5-15(14-23)18(24)21-16-6-7-16/h15-17H,2-14H2,1H3,(H,20,25)(H,21,24)/t15-/m1/s1. The fourth-order valence-electron chi connectivity index (χ4n) is 4.02. The molecular formula is C19H34N4O2. The van der Waals surface area contributed by atoms with E-state index >= 15 is 0 Å². The summed E-state index contributed by atoms with van der Waals surface area (Å²) < 4.78 is 0. The minimum atomic E-state index is 0.0900. The van der Waals surface area contributed by atoms with Crippen molar-refractivity contribution in [2.75, 3.05) is 32.7 Å². The number of nitrogens with zero attached hydrogens (tertiary/aromatic N) is 2. The van der Waals surface area contributed by atoms with Gasteiger partial charge in [0, 0.05) is 38.3 Å². The molecule has 1 saturated carbocycles. The molecule has 6 nitrogen and oxygen atoms in total. The van der Waals surface area contributed by atoms with Gasteiger partial charge in [-0.05, 0) is 51.5 Å². The predicted molar refractivity (Wildman–Crippen MR) is 98.4 cm³/mol. The molecule has 0 bridgehead atoms. The van der Waals surface area contributed by atoms with Crippen LogP contribution in [0.4, 0.5) is 4.79 Å². The number of hydrogen-bond acceptors (Lipinski definition) is 3. The number of rotatable bonds is 6. The highest BCUT2D eigenvalue weighted by Crippen LogP contribution is 2.25. The molecule has 0 spiro atoms. The van der Waals surface area contributed by atoms with Gasteiger partial charge in [-0.2, -0.15) is 0 Å². The van der Waals surface area contributed by atoms with Crippen LogP contribution in [0.3, 0.4) is 0 Å². The van der Waals surface area contributed by atoms with Gasteiger partial charge in [-0.15, -0.1) is 0 Å². The van der Waals surface area contributed by atoms with E-state index in [-0.39, 0.29) is 17.9 Å². The van der Waals surface area contributed by atoms with Crippen LogP contribution in [0.25, 0.3) is 0 Å². The first kappa shape index (κ1) is 18.5. The molecule has 2 aliphatic heterocycles. The maximum absolute atomic E-state index is 12.3. The smallest absolute Gasteiger partial charge is 0.317 e. The summed E-state index contributed by atoms with van der Waals surface area (Å²) in [7, 11) is 0. The summed E-state index contributed by atoms with van der Waals surface area (Å²) in [6.07, 6.45) is 8.64. The van der Waals surface area contributed by atoms with Crippen molar-refractivity contribution >= 4 is 11.9 Å². The zero-order valence-electron chi connectivity index (χ0n) is 15.6. The van der Waals surface area contributed by atoms with Gasteiger partial charge in [0.25, 0.3) is 0 Å². The molecule has 0 aromatic heterocycles. The van der Waals surface area contributed by atoms with Crippen molar-refractivity contribution in [3.05, 3.63) is 0 Å². The molecule has 1 atom stereocenters. The summed E-state index contributed by atoms with van der Waals surface area (Å²) in [5.74, 6) is 0.421. The average molecular weight is 351 g/mol. The Kier molecular flexibility index (Phi) is 6.57. The van der Waals surface area contributed by atoms with Crippen LogP contribution in [0.2, 0.25) is 0 Å². The molecule has 0 radical (unpaired) electrons. The molecule has 3 aliphatic rings. The second-order valence-corrected chi connectivity index (χ2v) is 7.92. The summed E-state index contributed by atoms with van der Waals surface area (Å²) in [5, 5.41) is 6.18. The van der Waals surface area contributed by atoms with E-state index in [1.165, 1.54) is 0 Å². The SMILES string of the molecule is CCCCNC(=O)N1CCC(N2CCC[C@@H](C(=O)NC3CC3)C2)CC1. The molecule has 2 saturated heterocycles. The van der Waals surface area contributed by atoms with E-state index in [0.29, 0.717) is 12.1 Å². The van der Waals surface area contributed by atoms with E-state index in [9.17, 15) is 9.59 Å². The largest absolute Gasteiger partial charge is 0.353 e. The van der Waals surface area contributed by atoms with Gasteiger partial charge in [-0.25, -0.2) is 4.79 Å². The van der Waals surface area contributed by atoms with E-state index in [4.69, 9.17) is 0 Å². The van der Waals surface area contributed by atoms with Gasteiger partial charge in [-0.3, -0.25) is 9.69 Å². The molecule has 1 aliphatic carbocycles. The van der Waals surface area contributed by atoms with Crippen molar-refractivity contribution in [3.63, 3.8) is 0 Å². The van der Waals surface area contributed by atoms with Crippen LogP contribution in [0.5, 0.6) is 0 Å². The zero-order valence-corrected chi connectivity index (χ0v) is 15.6. The highest BCUT2D eigenvalue weighted by atomic mass is 16.2. The van der Waals surface area contributed by atoms with Crippen molar-refractivity contribution in [3.8, 4) is 0 Å². The molecule has 2 N–H and O–H groups in total. The average Bonchev–Trinajstić information content (AvgIpc) is 3.46. The Bertz CT molecular complexity index is 458. The lowest BCUT2D eigenvalue weighted by Gasteiger charge is -2.42. The molecule has 0 unspecified atom stereocenters. The molecule has 0 aromatic carbocycles. The third kappa shape index (κ3) is 5.33. The molecule has 3 amide bonds. The van der Waals surface area contributed by atoms with Gasteiger partial charge in [-0.1, -0.05) is 13.3 Å². The van der Waals surface area contributed by atoms with Crippen molar-refractivity contribution in [1.82, 2.24) is 20.4 Å². The number of amides is 3. The van der Waals surface area contributed by atoms with Crippen LogP contribution < -0.4 is 10.6 Å². The van der Waals surface area contributed by atoms with Crippen LogP contribution in [0.1, 0.15) is 58.3 Å². The second kappa shape index (κ2) is 8.88. The number of carbonyl (C=O) groups is 2. The zero-order chi connectivity index (χ0) is 17.6. The van der Waals surface area contributed by atoms with Gasteiger partial charge in [0.2, 0.25) is 5.91 Å². The number of piperidine rings is 2. The minimum absolute atomic E-state index is 0.0900. The number of hydrogen-bond donors (Lipinski definition) is 2. The summed E-state index contributed by atoms with van der Waals surface area (Å²) >= 11 is 0. The number of urea groups is 1. The summed E-state index contributed by atoms with van der Waals surface area (Å²) in [4.78, 5) is 29.0. The number of unbranched alkanes of at least 4 members (excludes halogenated alkanes) is 1. The summed E-state index contributed by atoms with van der Waals surface area (Å²) in [5.41, 5.74) is 0. The fraction of sp³-hybridized carbons (Fsp3) is 0.895. The Labute approximate surface area is 151 Å². The minimum Gasteiger partial charge on any atom is -0.353 e. The van der Waals surface area contributed by atoms with Crippen LogP contribution >= 0.6 is 0 Å². The predicted octanol–water partition coefficient (Wildman–Crippen LogP) is 1.95. The first-order chi connectivity index (χ1) is 12.2. The Morgan fingerprint density at radius 1 is 1.04 bits per heavy atom. The van der Waals surface area contributed by atoms with E-state index in [1.54, 1.807) is 0 Å². The molecule has 2 heterocycles. The van der Waals surface area contributed by atoms with E-state index in [0.717, 1.165) is 84.1 Å². The van der Waals surface area contributed by atoms with Gasteiger partial charge >= 0.3 is 6.03 Å². The van der Waals surface area contributed by atoms with Crippen molar-refractivity contribution in [1.29, 1.82) is 0 Å². The van der Waals surface area contributed by atoms with Crippen molar-refractivity contribution in [2.24, 2.45) is 5.92 Å². The molecule has 142 valence electrons. The first-order valence-electron chi connectivity index (χ1n) is 10.2. The fourth-order valence-corrected chi connectivity index (χ4v) is 4.02. The normalized spacial score (nSPS) is 25.6. The molecule has 25 heavy (non-hydrogen) atoms. The maximum Gasteiger partial charge on any atom is 0.317 e. The number of nitrogens with one attached hydrogen (secondary N) is 2. The maximum atomic E-state index is 12.3. The monoisotopic (exact) mass is 350 g/mol. The van der Waals surface area contributed by atoms with Crippen LogP contribution in [0, 0.1) is 5.92 Å². The Morgan fingerprint density at radius 3 is 2.48 bits per heavy atom. The van der Waals surface area contributed by atoms with Gasteiger partial charge in [0.05, 0.1) is 5.92 Å². The number of carbonyl (C=O) groups excluding carboxylic acids is 2. The Morgan fingerprint density at radius 2 is 1.80 bits per heavy atom. The molecule has 6 heteroatoms. The molecule has 3 fully saturated rings. The summed E-state index contributed by atoms with van der Waals surface area (Å²) in [6, 6.07) is 1.07. The highest BCUT2D eigenvalue weighted by molar-refractivity contribution is 5.79. The van der Waals surface area contributed by atoms with Gasteiger partial charge in [0.1, 0.15) is 0 Å². The van der Waals surface area contributed by atoms with Crippen LogP contribution in [-0.2, 0) is 4.79 Å². The Hall–Kier alpha value is -1.30. The number of likely N-dealkylation sites (tertiary alicyclic amines) is 2. The van der Waals surface area contributed by atoms with E-state index in [2.05, 4.69) is 22.5 Å². The summed E-state index contributed by atoms with van der Waals surface area (Å²) in [6.45, 7) is 6.57. The molecule has 3 rings (SSSR count). The van der Waals surface area contributed by atoms with Crippen molar-refractivity contribution in [2.45, 2.75) is 70.4 Å².